The summed E-state index contributed by atoms with van der Waals surface area (Å²) < 4.78 is 21.5. The average molecular weight is 308 g/mol. The van der Waals surface area contributed by atoms with Crippen molar-refractivity contribution in [1.29, 1.82) is 0 Å². The van der Waals surface area contributed by atoms with Gasteiger partial charge in [-0.3, -0.25) is 0 Å². The highest BCUT2D eigenvalue weighted by Crippen LogP contribution is 2.13. The molecule has 0 aliphatic carbocycles. The molecule has 1 aliphatic heterocycles. The van der Waals surface area contributed by atoms with Crippen LogP contribution in [0.2, 0.25) is 0 Å². The van der Waals surface area contributed by atoms with Crippen LogP contribution in [0.3, 0.4) is 0 Å². The second-order valence-corrected chi connectivity index (χ2v) is 5.44. The predicted molar refractivity (Wildman–Crippen MR) is 82.0 cm³/mol. The Hall–Kier alpha value is -1.59. The van der Waals surface area contributed by atoms with Crippen LogP contribution in [0.1, 0.15) is 25.3 Å². The van der Waals surface area contributed by atoms with Gasteiger partial charge in [-0.25, -0.2) is 4.79 Å². The van der Waals surface area contributed by atoms with Crippen molar-refractivity contribution >= 4 is 5.97 Å². The van der Waals surface area contributed by atoms with Crippen molar-refractivity contribution in [3.8, 4) is 5.75 Å². The fraction of sp³-hybridized carbons (Fsp3) is 0.588. The Morgan fingerprint density at radius 1 is 1.32 bits per heavy atom. The molecule has 1 fully saturated rings. The highest BCUT2D eigenvalue weighted by atomic mass is 16.6. The van der Waals surface area contributed by atoms with Gasteiger partial charge in [0, 0.05) is 6.61 Å². The van der Waals surface area contributed by atoms with Gasteiger partial charge in [-0.1, -0.05) is 17.7 Å². The molecule has 0 N–H and O–H groups in total. The molecule has 0 radical (unpaired) electrons. The predicted octanol–water partition coefficient (Wildman–Crippen LogP) is 2.50. The molecule has 5 heteroatoms. The van der Waals surface area contributed by atoms with E-state index in [9.17, 15) is 4.79 Å². The summed E-state index contributed by atoms with van der Waals surface area (Å²) in [4.78, 5) is 11.8. The summed E-state index contributed by atoms with van der Waals surface area (Å²) in [5, 5.41) is 0. The topological polar surface area (TPSA) is 54.0 Å². The van der Waals surface area contributed by atoms with Gasteiger partial charge < -0.3 is 18.9 Å². The Morgan fingerprint density at radius 2 is 2.09 bits per heavy atom. The van der Waals surface area contributed by atoms with E-state index < -0.39 is 6.10 Å². The molecular weight excluding hydrogens is 284 g/mol. The summed E-state index contributed by atoms with van der Waals surface area (Å²) in [5.41, 5.74) is 1.18. The summed E-state index contributed by atoms with van der Waals surface area (Å²) in [6.07, 6.45) is 1.58. The Kier molecular flexibility index (Phi) is 6.68. The van der Waals surface area contributed by atoms with Crippen molar-refractivity contribution in [1.82, 2.24) is 0 Å². The molecule has 1 aliphatic rings. The molecule has 2 atom stereocenters. The second kappa shape index (κ2) is 8.76. The number of ether oxygens (including phenoxy) is 4. The van der Waals surface area contributed by atoms with E-state index in [2.05, 4.69) is 0 Å². The van der Waals surface area contributed by atoms with Gasteiger partial charge >= 0.3 is 5.97 Å². The maximum Gasteiger partial charge on any atom is 0.335 e. The standard InChI is InChI=1S/C17H24O5/c1-13-5-7-15(8-6-13)20-10-11-21-17(18)14(2)22-12-16-4-3-9-19-16/h5-8,14,16H,3-4,9-12H2,1-2H3. The fourth-order valence-corrected chi connectivity index (χ4v) is 2.15. The lowest BCUT2D eigenvalue weighted by molar-refractivity contribution is -0.158. The molecule has 0 bridgehead atoms. The molecule has 1 saturated heterocycles. The Bertz CT molecular complexity index is 451. The van der Waals surface area contributed by atoms with Crippen LogP contribution >= 0.6 is 0 Å². The molecule has 1 aromatic rings. The molecule has 5 nitrogen and oxygen atoms in total. The van der Waals surface area contributed by atoms with Crippen LogP contribution in [-0.4, -0.2) is 44.6 Å². The van der Waals surface area contributed by atoms with Gasteiger partial charge in [-0.05, 0) is 38.8 Å². The summed E-state index contributed by atoms with van der Waals surface area (Å²) in [5.74, 6) is 0.398. The van der Waals surface area contributed by atoms with Crippen molar-refractivity contribution in [2.75, 3.05) is 26.4 Å². The first kappa shape index (κ1) is 16.8. The molecule has 0 amide bonds. The smallest absolute Gasteiger partial charge is 0.335 e. The Balaban J connectivity index is 1.57. The number of benzene rings is 1. The number of hydrogen-bond donors (Lipinski definition) is 0. The van der Waals surface area contributed by atoms with Gasteiger partial charge in [0.1, 0.15) is 19.0 Å². The third kappa shape index (κ3) is 5.66. The SMILES string of the molecule is Cc1ccc(OCCOC(=O)C(C)OCC2CCCO2)cc1. The number of aryl methyl sites for hydroxylation is 1. The van der Waals surface area contributed by atoms with Gasteiger partial charge in [0.05, 0.1) is 12.7 Å². The normalized spacial score (nSPS) is 18.9. The zero-order valence-electron chi connectivity index (χ0n) is 13.2. The number of hydrogen-bond acceptors (Lipinski definition) is 5. The first-order chi connectivity index (χ1) is 10.6. The average Bonchev–Trinajstić information content (AvgIpc) is 3.04. The second-order valence-electron chi connectivity index (χ2n) is 5.44. The summed E-state index contributed by atoms with van der Waals surface area (Å²) in [7, 11) is 0. The Morgan fingerprint density at radius 3 is 2.77 bits per heavy atom. The summed E-state index contributed by atoms with van der Waals surface area (Å²) in [6.45, 7) is 5.47. The van der Waals surface area contributed by atoms with Gasteiger partial charge in [-0.15, -0.1) is 0 Å². The van der Waals surface area contributed by atoms with Crippen LogP contribution < -0.4 is 4.74 Å². The first-order valence-corrected chi connectivity index (χ1v) is 7.74. The van der Waals surface area contributed by atoms with Crippen molar-refractivity contribution in [3.05, 3.63) is 29.8 Å². The van der Waals surface area contributed by atoms with Crippen molar-refractivity contribution in [2.45, 2.75) is 38.9 Å². The quantitative estimate of drug-likeness (QED) is 0.545. The van der Waals surface area contributed by atoms with E-state index in [1.807, 2.05) is 31.2 Å². The molecule has 1 heterocycles. The zero-order chi connectivity index (χ0) is 15.8. The zero-order valence-corrected chi connectivity index (χ0v) is 13.2. The number of rotatable bonds is 8. The maximum atomic E-state index is 11.8. The third-order valence-electron chi connectivity index (χ3n) is 3.51. The molecule has 0 spiro atoms. The van der Waals surface area contributed by atoms with Gasteiger partial charge in [0.15, 0.2) is 6.10 Å². The molecule has 2 rings (SSSR count). The molecule has 0 saturated carbocycles. The van der Waals surface area contributed by atoms with Crippen molar-refractivity contribution < 1.29 is 23.7 Å². The molecule has 2 unspecified atom stereocenters. The number of carbonyl (C=O) groups excluding carboxylic acids is 1. The van der Waals surface area contributed by atoms with Crippen LogP contribution in [0.25, 0.3) is 0 Å². The summed E-state index contributed by atoms with van der Waals surface area (Å²) in [6, 6.07) is 7.74. The minimum absolute atomic E-state index is 0.111. The largest absolute Gasteiger partial charge is 0.490 e. The third-order valence-corrected chi connectivity index (χ3v) is 3.51. The summed E-state index contributed by atoms with van der Waals surface area (Å²) >= 11 is 0. The molecule has 1 aromatic carbocycles. The van der Waals surface area contributed by atoms with E-state index >= 15 is 0 Å². The molecule has 122 valence electrons. The lowest BCUT2D eigenvalue weighted by atomic mass is 10.2. The van der Waals surface area contributed by atoms with E-state index in [4.69, 9.17) is 18.9 Å². The number of esters is 1. The molecular formula is C17H24O5. The van der Waals surface area contributed by atoms with Crippen LogP contribution in [-0.2, 0) is 19.0 Å². The number of carbonyl (C=O) groups is 1. The fourth-order valence-electron chi connectivity index (χ4n) is 2.15. The first-order valence-electron chi connectivity index (χ1n) is 7.74. The van der Waals surface area contributed by atoms with E-state index in [1.54, 1.807) is 6.92 Å². The highest BCUT2D eigenvalue weighted by Gasteiger charge is 2.20. The van der Waals surface area contributed by atoms with Crippen molar-refractivity contribution in [2.24, 2.45) is 0 Å². The van der Waals surface area contributed by atoms with E-state index in [0.717, 1.165) is 25.2 Å². The van der Waals surface area contributed by atoms with E-state index in [0.29, 0.717) is 13.2 Å². The van der Waals surface area contributed by atoms with Crippen LogP contribution in [0, 0.1) is 6.92 Å². The van der Waals surface area contributed by atoms with Gasteiger partial charge in [0.2, 0.25) is 0 Å². The minimum Gasteiger partial charge on any atom is -0.490 e. The Labute approximate surface area is 131 Å². The van der Waals surface area contributed by atoms with Crippen molar-refractivity contribution in [3.63, 3.8) is 0 Å². The highest BCUT2D eigenvalue weighted by molar-refractivity contribution is 5.74. The van der Waals surface area contributed by atoms with Crippen LogP contribution in [0.5, 0.6) is 5.75 Å². The minimum atomic E-state index is -0.580. The van der Waals surface area contributed by atoms with Gasteiger partial charge in [-0.2, -0.15) is 0 Å². The van der Waals surface area contributed by atoms with E-state index in [1.165, 1.54) is 5.56 Å². The molecule has 22 heavy (non-hydrogen) atoms. The maximum absolute atomic E-state index is 11.8. The van der Waals surface area contributed by atoms with Crippen LogP contribution in [0.15, 0.2) is 24.3 Å². The van der Waals surface area contributed by atoms with E-state index in [-0.39, 0.29) is 18.7 Å². The van der Waals surface area contributed by atoms with Gasteiger partial charge in [0.25, 0.3) is 0 Å². The van der Waals surface area contributed by atoms with Crippen LogP contribution in [0.4, 0.5) is 0 Å². The molecule has 0 aromatic heterocycles. The lowest BCUT2D eigenvalue weighted by Gasteiger charge is -2.15. The lowest BCUT2D eigenvalue weighted by Crippen LogP contribution is -2.28. The monoisotopic (exact) mass is 308 g/mol.